The molecule has 2 aromatic heterocycles. The molecule has 0 radical (unpaired) electrons. The molecule has 0 unspecified atom stereocenters. The number of anilines is 1. The van der Waals surface area contributed by atoms with Crippen LogP contribution in [0, 0.1) is 18.6 Å². The molecule has 5 nitrogen and oxygen atoms in total. The van der Waals surface area contributed by atoms with Crippen LogP contribution in [0.2, 0.25) is 0 Å². The van der Waals surface area contributed by atoms with E-state index < -0.39 is 17.5 Å². The summed E-state index contributed by atoms with van der Waals surface area (Å²) in [5, 5.41) is 2.49. The molecule has 1 aromatic carbocycles. The van der Waals surface area contributed by atoms with E-state index in [4.69, 9.17) is 4.74 Å². The number of amides is 1. The third kappa shape index (κ3) is 3.73. The minimum absolute atomic E-state index is 0.175. The number of carbonyl (C=O) groups is 1. The van der Waals surface area contributed by atoms with Gasteiger partial charge in [0.25, 0.3) is 5.91 Å². The van der Waals surface area contributed by atoms with Crippen LogP contribution in [0.1, 0.15) is 20.9 Å². The monoisotopic (exact) mass is 391 g/mol. The molecule has 0 atom stereocenters. The highest BCUT2D eigenvalue weighted by molar-refractivity contribution is 7.19. The fraction of sp³-hybridized carbons (Fsp3) is 0.316. The Morgan fingerprint density at radius 3 is 2.85 bits per heavy atom. The van der Waals surface area contributed by atoms with E-state index >= 15 is 0 Å². The summed E-state index contributed by atoms with van der Waals surface area (Å²) in [6, 6.07) is 4.98. The topological polar surface area (TPSA) is 57.4 Å². The zero-order chi connectivity index (χ0) is 19.0. The van der Waals surface area contributed by atoms with Gasteiger partial charge in [-0.15, -0.1) is 11.3 Å². The van der Waals surface area contributed by atoms with Crippen LogP contribution in [0.15, 0.2) is 24.3 Å². The molecule has 4 rings (SSSR count). The number of H-pyrrole nitrogens is 1. The molecule has 0 bridgehead atoms. The van der Waals surface area contributed by atoms with Crippen LogP contribution in [0.3, 0.4) is 0 Å². The molecule has 3 aromatic rings. The summed E-state index contributed by atoms with van der Waals surface area (Å²) in [5.74, 6) is -1.77. The molecule has 0 aliphatic carbocycles. The Hall–Kier alpha value is -2.29. The number of hydrogen-bond donors (Lipinski definition) is 2. The number of nitrogens with zero attached hydrogens (tertiary/aromatic N) is 1. The number of aryl methyl sites for hydroxylation is 1. The predicted octanol–water partition coefficient (Wildman–Crippen LogP) is 3.90. The highest BCUT2D eigenvalue weighted by Crippen LogP contribution is 2.32. The summed E-state index contributed by atoms with van der Waals surface area (Å²) in [7, 11) is 0. The summed E-state index contributed by atoms with van der Waals surface area (Å²) in [4.78, 5) is 19.3. The van der Waals surface area contributed by atoms with Crippen molar-refractivity contribution >= 4 is 33.1 Å². The van der Waals surface area contributed by atoms with Crippen molar-refractivity contribution in [2.75, 3.05) is 31.6 Å². The second-order valence-corrected chi connectivity index (χ2v) is 7.80. The minimum atomic E-state index is -0.677. The van der Waals surface area contributed by atoms with Gasteiger partial charge in [-0.05, 0) is 25.1 Å². The SMILES string of the molecule is Cc1cc2[nH]c(C(=O)Nc3cc(F)ccc3F)c(CN3CCOCC3)c2s1. The van der Waals surface area contributed by atoms with Gasteiger partial charge in [-0.25, -0.2) is 8.78 Å². The van der Waals surface area contributed by atoms with Gasteiger partial charge < -0.3 is 15.0 Å². The zero-order valence-electron chi connectivity index (χ0n) is 14.8. The molecule has 1 fully saturated rings. The second kappa shape index (κ2) is 7.38. The van der Waals surface area contributed by atoms with Gasteiger partial charge >= 0.3 is 0 Å². The molecule has 27 heavy (non-hydrogen) atoms. The van der Waals surface area contributed by atoms with Gasteiger partial charge in [0.1, 0.15) is 17.3 Å². The number of hydrogen-bond acceptors (Lipinski definition) is 4. The molecule has 1 aliphatic heterocycles. The first-order chi connectivity index (χ1) is 13.0. The van der Waals surface area contributed by atoms with Gasteiger partial charge in [0.05, 0.1) is 29.1 Å². The second-order valence-electron chi connectivity index (χ2n) is 6.55. The Balaban J connectivity index is 1.67. The van der Waals surface area contributed by atoms with Crippen LogP contribution in [-0.4, -0.2) is 42.1 Å². The maximum atomic E-state index is 13.9. The van der Waals surface area contributed by atoms with Crippen molar-refractivity contribution in [1.29, 1.82) is 0 Å². The number of rotatable bonds is 4. The number of thiophene rings is 1. The molecule has 0 spiro atoms. The molecule has 1 aliphatic rings. The van der Waals surface area contributed by atoms with E-state index in [0.717, 1.165) is 51.9 Å². The lowest BCUT2D eigenvalue weighted by atomic mass is 10.2. The average molecular weight is 391 g/mol. The molecule has 3 heterocycles. The quantitative estimate of drug-likeness (QED) is 0.709. The Bertz CT molecular complexity index is 992. The highest BCUT2D eigenvalue weighted by Gasteiger charge is 2.23. The van der Waals surface area contributed by atoms with Crippen molar-refractivity contribution in [1.82, 2.24) is 9.88 Å². The van der Waals surface area contributed by atoms with Gasteiger partial charge in [-0.3, -0.25) is 9.69 Å². The summed E-state index contributed by atoms with van der Waals surface area (Å²) in [5.41, 5.74) is 1.96. The Labute approximate surface area is 158 Å². The van der Waals surface area contributed by atoms with E-state index in [1.165, 1.54) is 0 Å². The first kappa shape index (κ1) is 18.1. The van der Waals surface area contributed by atoms with Crippen molar-refractivity contribution in [3.63, 3.8) is 0 Å². The van der Waals surface area contributed by atoms with Gasteiger partial charge in [0.15, 0.2) is 0 Å². The number of aromatic amines is 1. The van der Waals surface area contributed by atoms with Gasteiger partial charge in [0, 0.05) is 36.1 Å². The van der Waals surface area contributed by atoms with E-state index in [-0.39, 0.29) is 5.69 Å². The van der Waals surface area contributed by atoms with E-state index in [9.17, 15) is 13.6 Å². The number of fused-ring (bicyclic) bond motifs is 1. The van der Waals surface area contributed by atoms with Crippen LogP contribution in [0.25, 0.3) is 10.2 Å². The van der Waals surface area contributed by atoms with E-state index in [1.807, 2.05) is 13.0 Å². The molecular formula is C19H19F2N3O2S. The minimum Gasteiger partial charge on any atom is -0.379 e. The maximum Gasteiger partial charge on any atom is 0.272 e. The van der Waals surface area contributed by atoms with E-state index in [0.29, 0.717) is 25.5 Å². The van der Waals surface area contributed by atoms with Crippen LogP contribution >= 0.6 is 11.3 Å². The van der Waals surface area contributed by atoms with E-state index in [2.05, 4.69) is 15.2 Å². The summed E-state index contributed by atoms with van der Waals surface area (Å²) < 4.78 is 33.7. The number of nitrogens with one attached hydrogen (secondary N) is 2. The zero-order valence-corrected chi connectivity index (χ0v) is 15.6. The Kier molecular flexibility index (Phi) is 4.94. The lowest BCUT2D eigenvalue weighted by molar-refractivity contribution is 0.0343. The summed E-state index contributed by atoms with van der Waals surface area (Å²) in [6.07, 6.45) is 0. The molecule has 142 valence electrons. The highest BCUT2D eigenvalue weighted by atomic mass is 32.1. The van der Waals surface area contributed by atoms with Crippen LogP contribution in [0.4, 0.5) is 14.5 Å². The molecule has 1 amide bonds. The van der Waals surface area contributed by atoms with Crippen molar-refractivity contribution < 1.29 is 18.3 Å². The Morgan fingerprint density at radius 2 is 2.07 bits per heavy atom. The van der Waals surface area contributed by atoms with Gasteiger partial charge in [-0.2, -0.15) is 0 Å². The van der Waals surface area contributed by atoms with Crippen LogP contribution < -0.4 is 5.32 Å². The smallest absolute Gasteiger partial charge is 0.272 e. The lowest BCUT2D eigenvalue weighted by Crippen LogP contribution is -2.36. The number of benzene rings is 1. The standard InChI is InChI=1S/C19H19F2N3O2S/c1-11-8-16-18(27-11)13(10-24-4-6-26-7-5-24)17(22-16)19(25)23-15-9-12(20)2-3-14(15)21/h2-3,8-9,22H,4-7,10H2,1H3,(H,23,25). The van der Waals surface area contributed by atoms with Crippen molar-refractivity contribution in [3.8, 4) is 0 Å². The third-order valence-electron chi connectivity index (χ3n) is 4.58. The fourth-order valence-corrected chi connectivity index (χ4v) is 4.27. The predicted molar refractivity (Wildman–Crippen MR) is 101 cm³/mol. The van der Waals surface area contributed by atoms with Gasteiger partial charge in [0.2, 0.25) is 0 Å². The number of aromatic nitrogens is 1. The number of ether oxygens (including phenoxy) is 1. The third-order valence-corrected chi connectivity index (χ3v) is 5.69. The van der Waals surface area contributed by atoms with Crippen molar-refractivity contribution in [2.45, 2.75) is 13.5 Å². The van der Waals surface area contributed by atoms with E-state index in [1.54, 1.807) is 11.3 Å². The number of halogens is 2. The van der Waals surface area contributed by atoms with Gasteiger partial charge in [-0.1, -0.05) is 0 Å². The summed E-state index contributed by atoms with van der Waals surface area (Å²) in [6.45, 7) is 5.50. The first-order valence-corrected chi connectivity index (χ1v) is 9.50. The largest absolute Gasteiger partial charge is 0.379 e. The molecular weight excluding hydrogens is 372 g/mol. The molecule has 1 saturated heterocycles. The summed E-state index contributed by atoms with van der Waals surface area (Å²) >= 11 is 1.61. The fourth-order valence-electron chi connectivity index (χ4n) is 3.26. The number of carbonyl (C=O) groups excluding carboxylic acids is 1. The van der Waals surface area contributed by atoms with Crippen LogP contribution in [-0.2, 0) is 11.3 Å². The molecule has 0 saturated carbocycles. The molecule has 2 N–H and O–H groups in total. The lowest BCUT2D eigenvalue weighted by Gasteiger charge is -2.26. The average Bonchev–Trinajstić information content (AvgIpc) is 3.16. The first-order valence-electron chi connectivity index (χ1n) is 8.69. The normalized spacial score (nSPS) is 15.4. The van der Waals surface area contributed by atoms with Crippen molar-refractivity contribution in [2.24, 2.45) is 0 Å². The molecule has 8 heteroatoms. The maximum absolute atomic E-state index is 13.9. The number of morpholine rings is 1. The van der Waals surface area contributed by atoms with Crippen molar-refractivity contribution in [3.05, 3.63) is 52.0 Å². The Morgan fingerprint density at radius 1 is 1.30 bits per heavy atom. The van der Waals surface area contributed by atoms with Crippen LogP contribution in [0.5, 0.6) is 0 Å².